The van der Waals surface area contributed by atoms with E-state index >= 15 is 0 Å². The van der Waals surface area contributed by atoms with Crippen molar-refractivity contribution >= 4 is 11.9 Å². The van der Waals surface area contributed by atoms with Crippen LogP contribution in [0.15, 0.2) is 0 Å². The Balaban J connectivity index is 2.10. The quantitative estimate of drug-likeness (QED) is 0.390. The van der Waals surface area contributed by atoms with Gasteiger partial charge in [-0.25, -0.2) is 8.78 Å². The molecule has 0 N–H and O–H groups in total. The number of methoxy groups -OCH3 is 1. The summed E-state index contributed by atoms with van der Waals surface area (Å²) in [5, 5.41) is 0. The first-order valence-electron chi connectivity index (χ1n) is 11.6. The van der Waals surface area contributed by atoms with Crippen LogP contribution in [0, 0.1) is 11.8 Å². The van der Waals surface area contributed by atoms with Crippen molar-refractivity contribution in [3.8, 4) is 0 Å². The standard InChI is InChI=1S/C23H38F2O6/c1-4-5-11-23(24,25)12-8-9-17-18(14-21(27)28-3)20(30-16(2)26)15-19(17)31-22-10-6-7-13-29-22/h17-20,22H,4-15H2,1-3H3/t17-,18?,19?,20?,22?/m1/s1. The molecule has 1 heterocycles. The number of carbonyl (C=O) groups is 2. The molecule has 0 amide bonds. The lowest BCUT2D eigenvalue weighted by Gasteiger charge is -2.30. The minimum absolute atomic E-state index is 0.0662. The van der Waals surface area contributed by atoms with Crippen LogP contribution in [-0.2, 0) is 28.5 Å². The molecule has 31 heavy (non-hydrogen) atoms. The minimum atomic E-state index is -2.69. The molecule has 0 bridgehead atoms. The third-order valence-electron chi connectivity index (χ3n) is 6.36. The second-order valence-corrected chi connectivity index (χ2v) is 8.81. The minimum Gasteiger partial charge on any atom is -0.469 e. The van der Waals surface area contributed by atoms with E-state index in [1.54, 1.807) is 0 Å². The Morgan fingerprint density at radius 2 is 1.84 bits per heavy atom. The van der Waals surface area contributed by atoms with E-state index in [0.29, 0.717) is 32.3 Å². The molecule has 0 aromatic heterocycles. The predicted octanol–water partition coefficient (Wildman–Crippen LogP) is 5.02. The number of hydrogen-bond acceptors (Lipinski definition) is 6. The Morgan fingerprint density at radius 3 is 2.45 bits per heavy atom. The molecule has 0 spiro atoms. The van der Waals surface area contributed by atoms with E-state index in [2.05, 4.69) is 0 Å². The van der Waals surface area contributed by atoms with Gasteiger partial charge in [0.2, 0.25) is 5.92 Å². The number of esters is 2. The molecule has 0 aromatic carbocycles. The van der Waals surface area contributed by atoms with Gasteiger partial charge in [0.1, 0.15) is 6.10 Å². The summed E-state index contributed by atoms with van der Waals surface area (Å²) in [7, 11) is 1.31. The van der Waals surface area contributed by atoms with Crippen LogP contribution < -0.4 is 0 Å². The van der Waals surface area contributed by atoms with Crippen LogP contribution in [0.3, 0.4) is 0 Å². The zero-order valence-corrected chi connectivity index (χ0v) is 19.1. The highest BCUT2D eigenvalue weighted by atomic mass is 19.3. The van der Waals surface area contributed by atoms with Crippen molar-refractivity contribution in [1.82, 2.24) is 0 Å². The average molecular weight is 449 g/mol. The SMILES string of the molecule is CCCCC(F)(F)CCC[C@H]1C(OC2CCCCO2)CC(OC(C)=O)C1CC(=O)OC. The van der Waals surface area contributed by atoms with Gasteiger partial charge in [-0.3, -0.25) is 9.59 Å². The van der Waals surface area contributed by atoms with E-state index in [0.717, 1.165) is 25.7 Å². The van der Waals surface area contributed by atoms with Crippen molar-refractivity contribution in [2.75, 3.05) is 13.7 Å². The number of ether oxygens (including phenoxy) is 4. The molecule has 6 nitrogen and oxygen atoms in total. The van der Waals surface area contributed by atoms with E-state index in [1.807, 2.05) is 6.92 Å². The Kier molecular flexibility index (Phi) is 10.6. The summed E-state index contributed by atoms with van der Waals surface area (Å²) in [5.74, 6) is -4.04. The van der Waals surface area contributed by atoms with Crippen molar-refractivity contribution in [2.24, 2.45) is 11.8 Å². The molecule has 2 rings (SSSR count). The van der Waals surface area contributed by atoms with Gasteiger partial charge in [0.15, 0.2) is 6.29 Å². The molecule has 2 fully saturated rings. The average Bonchev–Trinajstić information content (AvgIpc) is 3.02. The lowest BCUT2D eigenvalue weighted by molar-refractivity contribution is -0.197. The van der Waals surface area contributed by atoms with E-state index in [-0.39, 0.29) is 43.5 Å². The molecule has 4 unspecified atom stereocenters. The zero-order valence-electron chi connectivity index (χ0n) is 19.1. The van der Waals surface area contributed by atoms with Crippen molar-refractivity contribution in [3.05, 3.63) is 0 Å². The molecule has 1 aliphatic heterocycles. The van der Waals surface area contributed by atoms with Gasteiger partial charge in [-0.1, -0.05) is 13.3 Å². The van der Waals surface area contributed by atoms with Crippen molar-refractivity contribution < 1.29 is 37.3 Å². The van der Waals surface area contributed by atoms with Gasteiger partial charge in [0, 0.05) is 38.7 Å². The van der Waals surface area contributed by atoms with Crippen LogP contribution in [0.5, 0.6) is 0 Å². The number of hydrogen-bond donors (Lipinski definition) is 0. The van der Waals surface area contributed by atoms with Gasteiger partial charge in [0.05, 0.1) is 19.6 Å². The number of halogens is 2. The molecule has 1 saturated heterocycles. The maximum absolute atomic E-state index is 14.2. The molecular formula is C23H38F2O6. The third kappa shape index (κ3) is 8.64. The van der Waals surface area contributed by atoms with E-state index < -0.39 is 24.0 Å². The fraction of sp³-hybridized carbons (Fsp3) is 0.913. The Morgan fingerprint density at radius 1 is 1.10 bits per heavy atom. The second kappa shape index (κ2) is 12.7. The van der Waals surface area contributed by atoms with Gasteiger partial charge in [0.25, 0.3) is 0 Å². The van der Waals surface area contributed by atoms with Crippen LogP contribution in [0.4, 0.5) is 8.78 Å². The highest BCUT2D eigenvalue weighted by molar-refractivity contribution is 5.70. The fourth-order valence-corrected chi connectivity index (χ4v) is 4.76. The maximum Gasteiger partial charge on any atom is 0.305 e. The highest BCUT2D eigenvalue weighted by Gasteiger charge is 2.47. The summed E-state index contributed by atoms with van der Waals surface area (Å²) in [6.45, 7) is 3.86. The van der Waals surface area contributed by atoms with Crippen molar-refractivity contribution in [2.45, 2.75) is 109 Å². The summed E-state index contributed by atoms with van der Waals surface area (Å²) in [4.78, 5) is 23.7. The Bertz CT molecular complexity index is 564. The normalized spacial score (nSPS) is 29.0. The summed E-state index contributed by atoms with van der Waals surface area (Å²) in [5.41, 5.74) is 0. The van der Waals surface area contributed by atoms with Crippen LogP contribution in [0.25, 0.3) is 0 Å². The molecular weight excluding hydrogens is 410 g/mol. The molecule has 2 aliphatic rings. The lowest BCUT2D eigenvalue weighted by atomic mass is 9.86. The fourth-order valence-electron chi connectivity index (χ4n) is 4.76. The second-order valence-electron chi connectivity index (χ2n) is 8.81. The topological polar surface area (TPSA) is 71.1 Å². The highest BCUT2D eigenvalue weighted by Crippen LogP contribution is 2.43. The summed E-state index contributed by atoms with van der Waals surface area (Å²) in [6, 6.07) is 0. The first-order chi connectivity index (χ1) is 14.8. The van der Waals surface area contributed by atoms with Gasteiger partial charge in [-0.2, -0.15) is 0 Å². The molecule has 1 saturated carbocycles. The van der Waals surface area contributed by atoms with Crippen molar-refractivity contribution in [3.63, 3.8) is 0 Å². The maximum atomic E-state index is 14.2. The predicted molar refractivity (Wildman–Crippen MR) is 111 cm³/mol. The first-order valence-corrected chi connectivity index (χ1v) is 11.6. The van der Waals surface area contributed by atoms with Crippen LogP contribution in [-0.4, -0.2) is 50.1 Å². The van der Waals surface area contributed by atoms with Crippen LogP contribution in [0.2, 0.25) is 0 Å². The molecule has 180 valence electrons. The Hall–Kier alpha value is -1.28. The zero-order chi connectivity index (χ0) is 22.9. The molecule has 8 heteroatoms. The number of unbranched alkanes of at least 4 members (excludes halogenated alkanes) is 1. The Labute approximate surface area is 184 Å². The first kappa shape index (κ1) is 26.0. The van der Waals surface area contributed by atoms with Gasteiger partial charge in [-0.05, 0) is 44.4 Å². The van der Waals surface area contributed by atoms with E-state index in [1.165, 1.54) is 14.0 Å². The lowest BCUT2D eigenvalue weighted by Crippen LogP contribution is -2.32. The van der Waals surface area contributed by atoms with Crippen LogP contribution >= 0.6 is 0 Å². The van der Waals surface area contributed by atoms with E-state index in [9.17, 15) is 18.4 Å². The van der Waals surface area contributed by atoms with Crippen molar-refractivity contribution in [1.29, 1.82) is 0 Å². The summed E-state index contributed by atoms with van der Waals surface area (Å²) < 4.78 is 50.6. The summed E-state index contributed by atoms with van der Waals surface area (Å²) >= 11 is 0. The molecule has 1 aliphatic carbocycles. The van der Waals surface area contributed by atoms with Gasteiger partial charge >= 0.3 is 11.9 Å². The van der Waals surface area contributed by atoms with E-state index in [4.69, 9.17) is 18.9 Å². The third-order valence-corrected chi connectivity index (χ3v) is 6.36. The number of rotatable bonds is 12. The summed E-state index contributed by atoms with van der Waals surface area (Å²) in [6.07, 6.45) is 3.83. The molecule has 0 radical (unpaired) electrons. The number of alkyl halides is 2. The van der Waals surface area contributed by atoms with Gasteiger partial charge < -0.3 is 18.9 Å². The monoisotopic (exact) mass is 448 g/mol. The molecule has 5 atom stereocenters. The molecule has 0 aromatic rings. The van der Waals surface area contributed by atoms with Crippen LogP contribution in [0.1, 0.15) is 84.5 Å². The largest absolute Gasteiger partial charge is 0.469 e. The van der Waals surface area contributed by atoms with Gasteiger partial charge in [-0.15, -0.1) is 0 Å². The number of carbonyl (C=O) groups excluding carboxylic acids is 2. The smallest absolute Gasteiger partial charge is 0.305 e.